The summed E-state index contributed by atoms with van der Waals surface area (Å²) in [6, 6.07) is 6.71. The molecule has 1 aromatic carbocycles. The van der Waals surface area contributed by atoms with Gasteiger partial charge >= 0.3 is 0 Å². The van der Waals surface area contributed by atoms with E-state index < -0.39 is 0 Å². The standard InChI is InChI=1S/C16H21N3OS/c1-11-4-5-12(15-19-17-10-20-15)8-13(11)18-14-9-21-7-6-16(14,2)3/h4-5,8,10,14,18H,6-7,9H2,1-3H3. The average molecular weight is 303 g/mol. The first-order valence-electron chi connectivity index (χ1n) is 7.28. The van der Waals surface area contributed by atoms with E-state index in [1.54, 1.807) is 0 Å². The van der Waals surface area contributed by atoms with E-state index in [0.717, 1.165) is 17.0 Å². The number of aryl methyl sites for hydroxylation is 1. The lowest BCUT2D eigenvalue weighted by Crippen LogP contribution is -2.41. The van der Waals surface area contributed by atoms with Crippen molar-refractivity contribution in [3.63, 3.8) is 0 Å². The number of aromatic nitrogens is 2. The van der Waals surface area contributed by atoms with E-state index in [4.69, 9.17) is 4.42 Å². The summed E-state index contributed by atoms with van der Waals surface area (Å²) in [6.07, 6.45) is 2.61. The summed E-state index contributed by atoms with van der Waals surface area (Å²) in [5, 5.41) is 11.5. The molecule has 3 rings (SSSR count). The van der Waals surface area contributed by atoms with Gasteiger partial charge in [0.2, 0.25) is 12.3 Å². The maximum atomic E-state index is 5.29. The van der Waals surface area contributed by atoms with Gasteiger partial charge in [-0.1, -0.05) is 19.9 Å². The molecule has 0 spiro atoms. The molecular formula is C16H21N3OS. The Kier molecular flexibility index (Phi) is 3.93. The van der Waals surface area contributed by atoms with E-state index in [9.17, 15) is 0 Å². The summed E-state index contributed by atoms with van der Waals surface area (Å²) >= 11 is 2.03. The molecule has 0 amide bonds. The summed E-state index contributed by atoms with van der Waals surface area (Å²) in [6.45, 7) is 6.83. The normalized spacial score (nSPS) is 21.2. The molecule has 1 atom stereocenters. The van der Waals surface area contributed by atoms with Crippen molar-refractivity contribution >= 4 is 17.4 Å². The molecule has 2 heterocycles. The Morgan fingerprint density at radius 2 is 2.24 bits per heavy atom. The highest BCUT2D eigenvalue weighted by molar-refractivity contribution is 7.99. The van der Waals surface area contributed by atoms with E-state index in [1.807, 2.05) is 17.8 Å². The molecule has 4 nitrogen and oxygen atoms in total. The zero-order valence-corrected chi connectivity index (χ0v) is 13.5. The van der Waals surface area contributed by atoms with Crippen molar-refractivity contribution in [3.05, 3.63) is 30.2 Å². The Morgan fingerprint density at radius 1 is 1.38 bits per heavy atom. The zero-order chi connectivity index (χ0) is 14.9. The van der Waals surface area contributed by atoms with Gasteiger partial charge in [0.05, 0.1) is 0 Å². The van der Waals surface area contributed by atoms with Crippen molar-refractivity contribution in [2.75, 3.05) is 16.8 Å². The molecule has 0 aliphatic carbocycles. The van der Waals surface area contributed by atoms with Gasteiger partial charge in [-0.15, -0.1) is 10.2 Å². The highest BCUT2D eigenvalue weighted by atomic mass is 32.2. The van der Waals surface area contributed by atoms with Gasteiger partial charge in [-0.3, -0.25) is 0 Å². The predicted octanol–water partition coefficient (Wildman–Crippen LogP) is 3.99. The minimum atomic E-state index is 0.318. The molecule has 112 valence electrons. The van der Waals surface area contributed by atoms with Crippen LogP contribution in [0.3, 0.4) is 0 Å². The van der Waals surface area contributed by atoms with Gasteiger partial charge in [0.25, 0.3) is 0 Å². The van der Waals surface area contributed by atoms with Crippen LogP contribution in [0.1, 0.15) is 25.8 Å². The minimum Gasteiger partial charge on any atom is -0.423 e. The van der Waals surface area contributed by atoms with Crippen LogP contribution in [0, 0.1) is 12.3 Å². The van der Waals surface area contributed by atoms with Crippen molar-refractivity contribution in [3.8, 4) is 11.5 Å². The Hall–Kier alpha value is -1.49. The topological polar surface area (TPSA) is 51.0 Å². The largest absolute Gasteiger partial charge is 0.423 e. The van der Waals surface area contributed by atoms with Gasteiger partial charge < -0.3 is 9.73 Å². The Bertz CT molecular complexity index is 610. The second-order valence-electron chi connectivity index (χ2n) is 6.28. The van der Waals surface area contributed by atoms with Crippen LogP contribution < -0.4 is 5.32 Å². The predicted molar refractivity (Wildman–Crippen MR) is 87.6 cm³/mol. The van der Waals surface area contributed by atoms with E-state index in [1.165, 1.54) is 24.1 Å². The molecule has 1 aliphatic rings. The fourth-order valence-corrected chi connectivity index (χ4v) is 4.18. The summed E-state index contributed by atoms with van der Waals surface area (Å²) in [4.78, 5) is 0. The third kappa shape index (κ3) is 3.07. The van der Waals surface area contributed by atoms with Gasteiger partial charge in [-0.05, 0) is 42.2 Å². The van der Waals surface area contributed by atoms with E-state index in [-0.39, 0.29) is 0 Å². The third-order valence-electron chi connectivity index (χ3n) is 4.29. The molecule has 1 fully saturated rings. The lowest BCUT2D eigenvalue weighted by Gasteiger charge is -2.39. The van der Waals surface area contributed by atoms with Crippen molar-refractivity contribution < 1.29 is 4.42 Å². The summed E-state index contributed by atoms with van der Waals surface area (Å²) < 4.78 is 5.29. The van der Waals surface area contributed by atoms with Crippen LogP contribution >= 0.6 is 11.8 Å². The van der Waals surface area contributed by atoms with Crippen LogP contribution in [-0.2, 0) is 0 Å². The molecule has 1 saturated heterocycles. The molecule has 1 aromatic heterocycles. The quantitative estimate of drug-likeness (QED) is 0.929. The zero-order valence-electron chi connectivity index (χ0n) is 12.7. The van der Waals surface area contributed by atoms with Crippen molar-refractivity contribution in [2.45, 2.75) is 33.2 Å². The molecule has 1 unspecified atom stereocenters. The number of hydrogen-bond acceptors (Lipinski definition) is 5. The average Bonchev–Trinajstić information content (AvgIpc) is 2.97. The number of nitrogens with one attached hydrogen (secondary N) is 1. The molecule has 1 N–H and O–H groups in total. The maximum absolute atomic E-state index is 5.29. The first-order valence-corrected chi connectivity index (χ1v) is 8.43. The highest BCUT2D eigenvalue weighted by Crippen LogP contribution is 2.37. The van der Waals surface area contributed by atoms with Crippen LogP contribution in [0.5, 0.6) is 0 Å². The van der Waals surface area contributed by atoms with Crippen molar-refractivity contribution in [1.29, 1.82) is 0 Å². The number of benzene rings is 1. The molecular weight excluding hydrogens is 282 g/mol. The van der Waals surface area contributed by atoms with Crippen LogP contribution in [0.4, 0.5) is 5.69 Å². The van der Waals surface area contributed by atoms with Gasteiger partial charge in [-0.25, -0.2) is 0 Å². The Morgan fingerprint density at radius 3 is 2.95 bits per heavy atom. The number of hydrogen-bond donors (Lipinski definition) is 1. The molecule has 2 aromatic rings. The van der Waals surface area contributed by atoms with Crippen molar-refractivity contribution in [2.24, 2.45) is 5.41 Å². The molecule has 1 aliphatic heterocycles. The van der Waals surface area contributed by atoms with Crippen LogP contribution in [0.15, 0.2) is 29.0 Å². The number of thioether (sulfide) groups is 1. The maximum Gasteiger partial charge on any atom is 0.247 e. The summed E-state index contributed by atoms with van der Waals surface area (Å²) in [7, 11) is 0. The lowest BCUT2D eigenvalue weighted by molar-refractivity contribution is 0.305. The minimum absolute atomic E-state index is 0.318. The second-order valence-corrected chi connectivity index (χ2v) is 7.43. The van der Waals surface area contributed by atoms with E-state index >= 15 is 0 Å². The highest BCUT2D eigenvalue weighted by Gasteiger charge is 2.32. The van der Waals surface area contributed by atoms with Gasteiger partial charge in [0.15, 0.2) is 0 Å². The lowest BCUT2D eigenvalue weighted by atomic mass is 9.82. The first kappa shape index (κ1) is 14.4. The number of rotatable bonds is 3. The molecule has 0 radical (unpaired) electrons. The summed E-state index contributed by atoms with van der Waals surface area (Å²) in [5.74, 6) is 2.97. The monoisotopic (exact) mass is 303 g/mol. The molecule has 5 heteroatoms. The van der Waals surface area contributed by atoms with Gasteiger partial charge in [-0.2, -0.15) is 11.8 Å². The van der Waals surface area contributed by atoms with E-state index in [0.29, 0.717) is 17.3 Å². The fraction of sp³-hybridized carbons (Fsp3) is 0.500. The smallest absolute Gasteiger partial charge is 0.247 e. The third-order valence-corrected chi connectivity index (χ3v) is 5.35. The second kappa shape index (κ2) is 5.72. The van der Waals surface area contributed by atoms with Gasteiger partial charge in [0.1, 0.15) is 0 Å². The van der Waals surface area contributed by atoms with Gasteiger partial charge in [0, 0.05) is 23.0 Å². The van der Waals surface area contributed by atoms with Crippen LogP contribution in [-0.4, -0.2) is 27.7 Å². The first-order chi connectivity index (χ1) is 10.1. The molecule has 0 bridgehead atoms. The van der Waals surface area contributed by atoms with E-state index in [2.05, 4.69) is 48.4 Å². The Labute approximate surface area is 129 Å². The Balaban J connectivity index is 1.86. The summed E-state index contributed by atoms with van der Waals surface area (Å²) in [5.41, 5.74) is 3.68. The van der Waals surface area contributed by atoms with Crippen LogP contribution in [0.25, 0.3) is 11.5 Å². The van der Waals surface area contributed by atoms with Crippen molar-refractivity contribution in [1.82, 2.24) is 10.2 Å². The number of nitrogens with zero attached hydrogens (tertiary/aromatic N) is 2. The molecule has 21 heavy (non-hydrogen) atoms. The molecule has 0 saturated carbocycles. The fourth-order valence-electron chi connectivity index (χ4n) is 2.57. The number of anilines is 1. The van der Waals surface area contributed by atoms with Crippen LogP contribution in [0.2, 0.25) is 0 Å². The SMILES string of the molecule is Cc1ccc(-c2nnco2)cc1NC1CSCCC1(C)C.